The normalized spacial score (nSPS) is 12.4. The Bertz CT molecular complexity index is 562. The number of hydrogen-bond acceptors (Lipinski definition) is 6. The van der Waals surface area contributed by atoms with Crippen LogP contribution in [-0.4, -0.2) is 22.7 Å². The Labute approximate surface area is 115 Å². The summed E-state index contributed by atoms with van der Waals surface area (Å²) in [6, 6.07) is 0. The van der Waals surface area contributed by atoms with Crippen molar-refractivity contribution in [2.45, 2.75) is 33.1 Å². The molecule has 0 spiro atoms. The molecule has 1 atom stereocenters. The average molecular weight is 280 g/mol. The third kappa shape index (κ3) is 2.84. The Balaban J connectivity index is 2.25. The molecule has 0 aromatic carbocycles. The van der Waals surface area contributed by atoms with Crippen molar-refractivity contribution in [1.82, 2.24) is 10.1 Å². The highest BCUT2D eigenvalue weighted by molar-refractivity contribution is 7.08. The topological polar surface area (TPSA) is 65.2 Å². The molecule has 2 aromatic heterocycles. The fraction of sp³-hybridized carbons (Fsp3) is 0.462. The maximum absolute atomic E-state index is 11.8. The van der Waals surface area contributed by atoms with E-state index in [1.54, 1.807) is 18.3 Å². The first-order valence-corrected chi connectivity index (χ1v) is 7.15. The van der Waals surface area contributed by atoms with E-state index in [1.165, 1.54) is 0 Å². The molecule has 0 fully saturated rings. The van der Waals surface area contributed by atoms with E-state index in [0.29, 0.717) is 24.7 Å². The van der Waals surface area contributed by atoms with E-state index in [2.05, 4.69) is 10.1 Å². The number of aryl methyl sites for hydroxylation is 1. The zero-order valence-corrected chi connectivity index (χ0v) is 12.0. The summed E-state index contributed by atoms with van der Waals surface area (Å²) in [5.74, 6) is 0.0421. The Hall–Kier alpha value is -1.69. The summed E-state index contributed by atoms with van der Waals surface area (Å²) in [6.07, 6.45) is 0.573. The monoisotopic (exact) mass is 280 g/mol. The smallest absolute Gasteiger partial charge is 0.318 e. The standard InChI is InChI=1S/C13H16N2O3S/c1-4-9(13(16)17-5-2)12-14-11(15-18-12)10-7-19-6-8(10)3/h6-7,9H,4-5H2,1-3H3. The van der Waals surface area contributed by atoms with Crippen LogP contribution in [-0.2, 0) is 9.53 Å². The first kappa shape index (κ1) is 13.7. The molecule has 2 heterocycles. The quantitative estimate of drug-likeness (QED) is 0.787. The van der Waals surface area contributed by atoms with Gasteiger partial charge in [-0.15, -0.1) is 0 Å². The molecule has 2 rings (SSSR count). The van der Waals surface area contributed by atoms with Gasteiger partial charge in [0.2, 0.25) is 11.7 Å². The van der Waals surface area contributed by atoms with E-state index in [0.717, 1.165) is 11.1 Å². The summed E-state index contributed by atoms with van der Waals surface area (Å²) in [4.78, 5) is 16.1. The minimum absolute atomic E-state index is 0.317. The maximum atomic E-state index is 11.8. The Kier molecular flexibility index (Phi) is 4.31. The highest BCUT2D eigenvalue weighted by Crippen LogP contribution is 2.27. The van der Waals surface area contributed by atoms with Gasteiger partial charge in [-0.2, -0.15) is 16.3 Å². The van der Waals surface area contributed by atoms with Gasteiger partial charge in [0.15, 0.2) is 0 Å². The van der Waals surface area contributed by atoms with E-state index >= 15 is 0 Å². The second-order valence-corrected chi connectivity index (χ2v) is 4.88. The van der Waals surface area contributed by atoms with Gasteiger partial charge in [0.05, 0.1) is 6.61 Å². The fourth-order valence-electron chi connectivity index (χ4n) is 1.76. The van der Waals surface area contributed by atoms with Crippen LogP contribution in [0.3, 0.4) is 0 Å². The summed E-state index contributed by atoms with van der Waals surface area (Å²) in [7, 11) is 0. The number of aromatic nitrogens is 2. The molecule has 0 aliphatic carbocycles. The molecule has 0 amide bonds. The van der Waals surface area contributed by atoms with Gasteiger partial charge in [-0.05, 0) is 31.2 Å². The molecule has 102 valence electrons. The second-order valence-electron chi connectivity index (χ2n) is 4.14. The number of thiophene rings is 1. The van der Waals surface area contributed by atoms with Crippen LogP contribution in [0.1, 0.15) is 37.6 Å². The molecule has 0 radical (unpaired) electrons. The van der Waals surface area contributed by atoms with Gasteiger partial charge in [-0.1, -0.05) is 12.1 Å². The molecule has 2 aromatic rings. The number of nitrogens with zero attached hydrogens (tertiary/aromatic N) is 2. The molecule has 0 aliphatic rings. The zero-order chi connectivity index (χ0) is 13.8. The molecule has 0 saturated heterocycles. The Morgan fingerprint density at radius 2 is 2.26 bits per heavy atom. The van der Waals surface area contributed by atoms with Crippen LogP contribution in [0, 0.1) is 6.92 Å². The summed E-state index contributed by atoms with van der Waals surface area (Å²) in [5.41, 5.74) is 2.04. The van der Waals surface area contributed by atoms with Crippen molar-refractivity contribution in [3.05, 3.63) is 22.2 Å². The van der Waals surface area contributed by atoms with Crippen molar-refractivity contribution in [3.8, 4) is 11.4 Å². The van der Waals surface area contributed by atoms with Crippen LogP contribution in [0.15, 0.2) is 15.3 Å². The van der Waals surface area contributed by atoms with Crippen molar-refractivity contribution in [1.29, 1.82) is 0 Å². The summed E-state index contributed by atoms with van der Waals surface area (Å²) in [5, 5.41) is 7.93. The van der Waals surface area contributed by atoms with Crippen LogP contribution < -0.4 is 0 Å². The molecule has 1 unspecified atom stereocenters. The second kappa shape index (κ2) is 5.97. The van der Waals surface area contributed by atoms with Crippen molar-refractivity contribution in [2.75, 3.05) is 6.61 Å². The van der Waals surface area contributed by atoms with E-state index in [4.69, 9.17) is 9.26 Å². The van der Waals surface area contributed by atoms with Crippen molar-refractivity contribution in [2.24, 2.45) is 0 Å². The molecule has 0 N–H and O–H groups in total. The minimum Gasteiger partial charge on any atom is -0.465 e. The van der Waals surface area contributed by atoms with Gasteiger partial charge >= 0.3 is 5.97 Å². The van der Waals surface area contributed by atoms with E-state index in [-0.39, 0.29) is 5.97 Å². The number of rotatable bonds is 5. The van der Waals surface area contributed by atoms with Gasteiger partial charge in [-0.25, -0.2) is 0 Å². The lowest BCUT2D eigenvalue weighted by Crippen LogP contribution is -2.15. The molecule has 19 heavy (non-hydrogen) atoms. The van der Waals surface area contributed by atoms with Crippen molar-refractivity contribution >= 4 is 17.3 Å². The third-order valence-corrected chi connectivity index (χ3v) is 3.68. The van der Waals surface area contributed by atoms with Crippen LogP contribution in [0.5, 0.6) is 0 Å². The van der Waals surface area contributed by atoms with Crippen molar-refractivity contribution < 1.29 is 14.1 Å². The van der Waals surface area contributed by atoms with Gasteiger partial charge < -0.3 is 9.26 Å². The number of esters is 1. The largest absolute Gasteiger partial charge is 0.465 e. The predicted molar refractivity (Wildman–Crippen MR) is 72.0 cm³/mol. The number of hydrogen-bond donors (Lipinski definition) is 0. The van der Waals surface area contributed by atoms with Gasteiger partial charge in [0.25, 0.3) is 0 Å². The molecular formula is C13H16N2O3S. The van der Waals surface area contributed by atoms with Gasteiger partial charge in [0.1, 0.15) is 5.92 Å². The van der Waals surface area contributed by atoms with Crippen LogP contribution in [0.25, 0.3) is 11.4 Å². The average Bonchev–Trinajstić information content (AvgIpc) is 2.99. The van der Waals surface area contributed by atoms with Crippen LogP contribution in [0.2, 0.25) is 0 Å². The molecule has 0 aliphatic heterocycles. The Morgan fingerprint density at radius 3 is 2.84 bits per heavy atom. The van der Waals surface area contributed by atoms with Crippen LogP contribution in [0.4, 0.5) is 0 Å². The first-order valence-electron chi connectivity index (χ1n) is 6.20. The fourth-order valence-corrected chi connectivity index (χ4v) is 2.59. The molecular weight excluding hydrogens is 264 g/mol. The van der Waals surface area contributed by atoms with Crippen molar-refractivity contribution in [3.63, 3.8) is 0 Å². The predicted octanol–water partition coefficient (Wildman–Crippen LogP) is 3.16. The van der Waals surface area contributed by atoms with E-state index in [9.17, 15) is 4.79 Å². The SMILES string of the molecule is CCOC(=O)C(CC)c1nc(-c2cscc2C)no1. The van der Waals surface area contributed by atoms with E-state index < -0.39 is 5.92 Å². The summed E-state index contributed by atoms with van der Waals surface area (Å²) < 4.78 is 10.2. The highest BCUT2D eigenvalue weighted by Gasteiger charge is 2.26. The maximum Gasteiger partial charge on any atom is 0.318 e. The van der Waals surface area contributed by atoms with Gasteiger partial charge in [-0.3, -0.25) is 4.79 Å². The lowest BCUT2D eigenvalue weighted by molar-refractivity contribution is -0.145. The summed E-state index contributed by atoms with van der Waals surface area (Å²) in [6.45, 7) is 6.00. The summed E-state index contributed by atoms with van der Waals surface area (Å²) >= 11 is 1.59. The Morgan fingerprint density at radius 1 is 1.47 bits per heavy atom. The zero-order valence-electron chi connectivity index (χ0n) is 11.2. The lowest BCUT2D eigenvalue weighted by Gasteiger charge is -2.08. The molecule has 0 saturated carbocycles. The molecule has 5 nitrogen and oxygen atoms in total. The third-order valence-electron chi connectivity index (χ3n) is 2.82. The molecule has 0 bridgehead atoms. The number of carbonyl (C=O) groups is 1. The number of carbonyl (C=O) groups excluding carboxylic acids is 1. The minimum atomic E-state index is -0.486. The van der Waals surface area contributed by atoms with Gasteiger partial charge in [0, 0.05) is 10.9 Å². The first-order chi connectivity index (χ1) is 9.17. The lowest BCUT2D eigenvalue weighted by atomic mass is 10.1. The number of ether oxygens (including phenoxy) is 1. The van der Waals surface area contributed by atoms with Crippen LogP contribution >= 0.6 is 11.3 Å². The molecule has 6 heteroatoms. The van der Waals surface area contributed by atoms with E-state index in [1.807, 2.05) is 24.6 Å². The highest BCUT2D eigenvalue weighted by atomic mass is 32.1.